The lowest BCUT2D eigenvalue weighted by Gasteiger charge is -2.41. The number of carboxylic acid groups (broad SMARTS) is 1. The lowest BCUT2D eigenvalue weighted by atomic mass is 9.64. The quantitative estimate of drug-likeness (QED) is 0.634. The summed E-state index contributed by atoms with van der Waals surface area (Å²) in [4.78, 5) is 25.2. The first kappa shape index (κ1) is 19.7. The second kappa shape index (κ2) is 8.73. The van der Waals surface area contributed by atoms with Crippen LogP contribution in [-0.2, 0) is 11.2 Å². The highest BCUT2D eigenvalue weighted by molar-refractivity contribution is 5.87. The van der Waals surface area contributed by atoms with Gasteiger partial charge in [-0.25, -0.2) is 4.79 Å². The predicted molar refractivity (Wildman–Crippen MR) is 107 cm³/mol. The summed E-state index contributed by atoms with van der Waals surface area (Å²) in [6.07, 6.45) is 14.6. The number of benzene rings is 1. The summed E-state index contributed by atoms with van der Waals surface area (Å²) in [5.74, 6) is -0.677. The number of hydrogen-bond acceptors (Lipinski definition) is 2. The predicted octanol–water partition coefficient (Wildman–Crippen LogP) is 4.84. The molecule has 1 unspecified atom stereocenters. The van der Waals surface area contributed by atoms with Crippen LogP contribution in [0.15, 0.2) is 36.4 Å². The van der Waals surface area contributed by atoms with Crippen LogP contribution in [0.3, 0.4) is 0 Å². The molecule has 1 saturated heterocycles. The molecule has 1 heterocycles. The van der Waals surface area contributed by atoms with Crippen molar-refractivity contribution in [1.82, 2.24) is 4.90 Å². The Labute approximate surface area is 162 Å². The van der Waals surface area contributed by atoms with E-state index in [0.29, 0.717) is 23.9 Å². The van der Waals surface area contributed by atoms with Crippen molar-refractivity contribution in [2.24, 2.45) is 5.41 Å². The average molecular weight is 370 g/mol. The number of rotatable bonds is 9. The van der Waals surface area contributed by atoms with Crippen molar-refractivity contribution in [3.8, 4) is 0 Å². The number of amides is 1. The van der Waals surface area contributed by atoms with Crippen molar-refractivity contribution in [3.63, 3.8) is 0 Å². The minimum Gasteiger partial charge on any atom is -0.478 e. The van der Waals surface area contributed by atoms with Crippen molar-refractivity contribution in [1.29, 1.82) is 0 Å². The fourth-order valence-electron chi connectivity index (χ4n) is 4.41. The molecular formula is C23H31NO3. The van der Waals surface area contributed by atoms with Crippen LogP contribution in [-0.4, -0.2) is 34.5 Å². The van der Waals surface area contributed by atoms with Gasteiger partial charge in [-0.2, -0.15) is 0 Å². The van der Waals surface area contributed by atoms with Gasteiger partial charge >= 0.3 is 5.97 Å². The number of allylic oxidation sites excluding steroid dienone is 1. The van der Waals surface area contributed by atoms with Gasteiger partial charge < -0.3 is 10.0 Å². The lowest BCUT2D eigenvalue weighted by Crippen LogP contribution is -2.33. The largest absolute Gasteiger partial charge is 0.478 e. The minimum absolute atomic E-state index is 0.217. The van der Waals surface area contributed by atoms with Crippen molar-refractivity contribution < 1.29 is 14.7 Å². The van der Waals surface area contributed by atoms with Gasteiger partial charge in [-0.1, -0.05) is 44.1 Å². The summed E-state index contributed by atoms with van der Waals surface area (Å²) in [5, 5.41) is 8.98. The van der Waals surface area contributed by atoms with Gasteiger partial charge in [0.1, 0.15) is 0 Å². The Bertz CT molecular complexity index is 683. The van der Waals surface area contributed by atoms with E-state index in [-0.39, 0.29) is 11.9 Å². The standard InChI is InChI=1S/C23H31NO3/c1-2-23(15-5-16-23)14-4-3-6-20-11-12-21(25)24(20)17-13-18-7-9-19(10-8-18)22(26)27/h3,6-10,20H,2,4-5,11-17H2,1H3,(H,26,27)/b6-3+. The molecule has 1 amide bonds. The van der Waals surface area contributed by atoms with Crippen molar-refractivity contribution >= 4 is 11.9 Å². The number of nitrogens with zero attached hydrogens (tertiary/aromatic N) is 1. The molecular weight excluding hydrogens is 338 g/mol. The second-order valence-corrected chi connectivity index (χ2v) is 8.12. The highest BCUT2D eigenvalue weighted by atomic mass is 16.4. The molecule has 2 fully saturated rings. The van der Waals surface area contributed by atoms with Gasteiger partial charge in [0, 0.05) is 13.0 Å². The SMILES string of the molecule is CCC1(CC/C=C/C2CCC(=O)N2CCc2ccc(C(=O)O)cc2)CCC1. The molecule has 146 valence electrons. The first-order valence-corrected chi connectivity index (χ1v) is 10.3. The van der Waals surface area contributed by atoms with E-state index in [0.717, 1.165) is 24.8 Å². The zero-order valence-electron chi connectivity index (χ0n) is 16.3. The Hall–Kier alpha value is -2.10. The third kappa shape index (κ3) is 4.79. The molecule has 1 N–H and O–H groups in total. The maximum atomic E-state index is 12.3. The Kier molecular flexibility index (Phi) is 6.35. The second-order valence-electron chi connectivity index (χ2n) is 8.12. The number of hydrogen-bond donors (Lipinski definition) is 1. The molecule has 0 spiro atoms. The average Bonchev–Trinajstić information content (AvgIpc) is 2.99. The van der Waals surface area contributed by atoms with Crippen molar-refractivity contribution in [3.05, 3.63) is 47.5 Å². The van der Waals surface area contributed by atoms with Crippen LogP contribution < -0.4 is 0 Å². The van der Waals surface area contributed by atoms with Gasteiger partial charge in [-0.15, -0.1) is 0 Å². The third-order valence-corrected chi connectivity index (χ3v) is 6.58. The molecule has 2 aliphatic rings. The van der Waals surface area contributed by atoms with E-state index in [1.807, 2.05) is 17.0 Å². The molecule has 1 aromatic rings. The highest BCUT2D eigenvalue weighted by Crippen LogP contribution is 2.47. The minimum atomic E-state index is -0.909. The van der Waals surface area contributed by atoms with Crippen LogP contribution in [0.4, 0.5) is 0 Å². The zero-order valence-corrected chi connectivity index (χ0v) is 16.3. The summed E-state index contributed by atoms with van der Waals surface area (Å²) < 4.78 is 0. The lowest BCUT2D eigenvalue weighted by molar-refractivity contribution is -0.128. The molecule has 1 aliphatic carbocycles. The Morgan fingerprint density at radius 3 is 2.63 bits per heavy atom. The van der Waals surface area contributed by atoms with Gasteiger partial charge in [0.2, 0.25) is 5.91 Å². The van der Waals surface area contributed by atoms with E-state index in [1.165, 1.54) is 32.1 Å². The van der Waals surface area contributed by atoms with Crippen LogP contribution in [0.5, 0.6) is 0 Å². The number of carboxylic acids is 1. The molecule has 0 bridgehead atoms. The van der Waals surface area contributed by atoms with E-state index >= 15 is 0 Å². The molecule has 1 atom stereocenters. The molecule has 4 nitrogen and oxygen atoms in total. The summed E-state index contributed by atoms with van der Waals surface area (Å²) in [6.45, 7) is 3.00. The number of carbonyl (C=O) groups excluding carboxylic acids is 1. The maximum Gasteiger partial charge on any atom is 0.335 e. The van der Waals surface area contributed by atoms with E-state index in [2.05, 4.69) is 19.1 Å². The maximum absolute atomic E-state index is 12.3. The molecule has 1 saturated carbocycles. The van der Waals surface area contributed by atoms with Gasteiger partial charge in [0.05, 0.1) is 11.6 Å². The van der Waals surface area contributed by atoms with Crippen LogP contribution in [0.1, 0.15) is 74.2 Å². The zero-order chi connectivity index (χ0) is 19.3. The molecule has 0 radical (unpaired) electrons. The normalized spacial score (nSPS) is 21.6. The van der Waals surface area contributed by atoms with Gasteiger partial charge in [-0.3, -0.25) is 4.79 Å². The van der Waals surface area contributed by atoms with E-state index in [9.17, 15) is 9.59 Å². The van der Waals surface area contributed by atoms with Crippen LogP contribution in [0.2, 0.25) is 0 Å². The molecule has 27 heavy (non-hydrogen) atoms. The first-order chi connectivity index (χ1) is 13.0. The van der Waals surface area contributed by atoms with Crippen molar-refractivity contribution in [2.75, 3.05) is 6.54 Å². The summed E-state index contributed by atoms with van der Waals surface area (Å²) in [5.41, 5.74) is 1.96. The summed E-state index contributed by atoms with van der Waals surface area (Å²) >= 11 is 0. The number of carbonyl (C=O) groups is 2. The Morgan fingerprint density at radius 2 is 2.04 bits per heavy atom. The smallest absolute Gasteiger partial charge is 0.335 e. The van der Waals surface area contributed by atoms with Gasteiger partial charge in [0.15, 0.2) is 0 Å². The number of likely N-dealkylation sites (tertiary alicyclic amines) is 1. The van der Waals surface area contributed by atoms with Crippen molar-refractivity contribution in [2.45, 2.75) is 70.8 Å². The monoisotopic (exact) mass is 369 g/mol. The van der Waals surface area contributed by atoms with Crippen LogP contribution in [0.25, 0.3) is 0 Å². The topological polar surface area (TPSA) is 57.6 Å². The molecule has 0 aromatic heterocycles. The van der Waals surface area contributed by atoms with Gasteiger partial charge in [0.25, 0.3) is 0 Å². The van der Waals surface area contributed by atoms with E-state index in [1.54, 1.807) is 12.1 Å². The van der Waals surface area contributed by atoms with Crippen LogP contribution in [0, 0.1) is 5.41 Å². The van der Waals surface area contributed by atoms with E-state index in [4.69, 9.17) is 5.11 Å². The summed E-state index contributed by atoms with van der Waals surface area (Å²) in [7, 11) is 0. The summed E-state index contributed by atoms with van der Waals surface area (Å²) in [6, 6.07) is 7.17. The van der Waals surface area contributed by atoms with Gasteiger partial charge in [-0.05, 0) is 61.6 Å². The molecule has 1 aromatic carbocycles. The molecule has 3 rings (SSSR count). The van der Waals surface area contributed by atoms with E-state index < -0.39 is 5.97 Å². The molecule has 1 aliphatic heterocycles. The number of aromatic carboxylic acids is 1. The Morgan fingerprint density at radius 1 is 1.30 bits per heavy atom. The highest BCUT2D eigenvalue weighted by Gasteiger charge is 2.34. The molecule has 4 heteroatoms. The fourth-order valence-corrected chi connectivity index (χ4v) is 4.41. The van der Waals surface area contributed by atoms with Crippen LogP contribution >= 0.6 is 0 Å². The third-order valence-electron chi connectivity index (χ3n) is 6.58. The fraction of sp³-hybridized carbons (Fsp3) is 0.565. The Balaban J connectivity index is 1.50. The first-order valence-electron chi connectivity index (χ1n) is 10.3.